The highest BCUT2D eigenvalue weighted by Crippen LogP contribution is 2.38. The van der Waals surface area contributed by atoms with Crippen molar-refractivity contribution in [1.82, 2.24) is 4.90 Å². The van der Waals surface area contributed by atoms with Crippen molar-refractivity contribution in [2.24, 2.45) is 17.8 Å². The minimum atomic E-state index is -0.895. The van der Waals surface area contributed by atoms with Crippen molar-refractivity contribution < 1.29 is 19.5 Å². The van der Waals surface area contributed by atoms with Crippen molar-refractivity contribution in [2.75, 3.05) is 18.4 Å². The van der Waals surface area contributed by atoms with E-state index in [-0.39, 0.29) is 30.2 Å². The predicted molar refractivity (Wildman–Crippen MR) is 109 cm³/mol. The van der Waals surface area contributed by atoms with Crippen LogP contribution in [0.25, 0.3) is 0 Å². The molecule has 4 rings (SSSR count). The Hall–Kier alpha value is -3.15. The maximum Gasteiger partial charge on any atom is 0.308 e. The van der Waals surface area contributed by atoms with Gasteiger partial charge in [-0.15, -0.1) is 0 Å². The Morgan fingerprint density at radius 1 is 1.00 bits per heavy atom. The van der Waals surface area contributed by atoms with Crippen LogP contribution in [-0.4, -0.2) is 40.9 Å². The molecule has 1 heterocycles. The third-order valence-electron chi connectivity index (χ3n) is 5.98. The summed E-state index contributed by atoms with van der Waals surface area (Å²) in [6, 6.07) is 16.3. The van der Waals surface area contributed by atoms with Crippen LogP contribution in [0.1, 0.15) is 35.2 Å². The van der Waals surface area contributed by atoms with Gasteiger partial charge < -0.3 is 15.3 Å². The van der Waals surface area contributed by atoms with Crippen LogP contribution in [0.3, 0.4) is 0 Å². The molecule has 1 saturated heterocycles. The number of aliphatic carboxylic acids is 1. The number of amides is 2. The molecule has 2 N–H and O–H groups in total. The van der Waals surface area contributed by atoms with Crippen LogP contribution >= 0.6 is 0 Å². The molecule has 2 aromatic carbocycles. The zero-order valence-corrected chi connectivity index (χ0v) is 16.2. The molecular formula is C23H24N2O4. The molecule has 2 amide bonds. The number of carboxylic acids is 1. The first-order valence-corrected chi connectivity index (χ1v) is 9.92. The largest absolute Gasteiger partial charge is 0.481 e. The van der Waals surface area contributed by atoms with Crippen molar-refractivity contribution in [3.8, 4) is 0 Å². The zero-order chi connectivity index (χ0) is 20.5. The van der Waals surface area contributed by atoms with Crippen LogP contribution < -0.4 is 5.32 Å². The van der Waals surface area contributed by atoms with Gasteiger partial charge in [-0.3, -0.25) is 14.4 Å². The smallest absolute Gasteiger partial charge is 0.308 e. The van der Waals surface area contributed by atoms with Crippen LogP contribution in [-0.2, 0) is 9.59 Å². The number of nitrogens with one attached hydrogen (secondary N) is 1. The summed E-state index contributed by atoms with van der Waals surface area (Å²) in [5.74, 6) is -1.54. The summed E-state index contributed by atoms with van der Waals surface area (Å²) in [5.41, 5.74) is 1.97. The standard InChI is InChI=1S/C23H24N2O4/c1-14-10-18(14)21(26)24-17-9-5-8-16(11-17)22(27)25-12-19(20(13-25)23(28)29)15-6-3-2-4-7-15/h2-9,11,14,18-20H,10,12-13H2,1H3,(H,24,26)(H,28,29). The fraction of sp³-hybridized carbons (Fsp3) is 0.348. The Labute approximate surface area is 169 Å². The number of benzene rings is 2. The van der Waals surface area contributed by atoms with Gasteiger partial charge in [-0.1, -0.05) is 43.3 Å². The molecule has 0 aromatic heterocycles. The topological polar surface area (TPSA) is 86.7 Å². The Balaban J connectivity index is 1.50. The first-order chi connectivity index (χ1) is 13.9. The Bertz CT molecular complexity index is 943. The van der Waals surface area contributed by atoms with Crippen molar-refractivity contribution in [1.29, 1.82) is 0 Å². The van der Waals surface area contributed by atoms with Gasteiger partial charge in [0, 0.05) is 36.2 Å². The van der Waals surface area contributed by atoms with Crippen molar-refractivity contribution in [2.45, 2.75) is 19.3 Å². The number of hydrogen-bond donors (Lipinski definition) is 2. The summed E-state index contributed by atoms with van der Waals surface area (Å²) in [6.45, 7) is 2.57. The van der Waals surface area contributed by atoms with E-state index >= 15 is 0 Å². The minimum Gasteiger partial charge on any atom is -0.481 e. The Kier molecular flexibility index (Phi) is 5.09. The van der Waals surface area contributed by atoms with Gasteiger partial charge in [-0.2, -0.15) is 0 Å². The Morgan fingerprint density at radius 3 is 2.38 bits per heavy atom. The lowest BCUT2D eigenvalue weighted by Gasteiger charge is -2.17. The number of carbonyl (C=O) groups excluding carboxylic acids is 2. The normalized spacial score (nSPS) is 25.5. The lowest BCUT2D eigenvalue weighted by Crippen LogP contribution is -2.30. The lowest BCUT2D eigenvalue weighted by molar-refractivity contribution is -0.141. The average molecular weight is 392 g/mol. The average Bonchev–Trinajstić information content (AvgIpc) is 3.29. The van der Waals surface area contributed by atoms with Gasteiger partial charge in [0.15, 0.2) is 0 Å². The number of likely N-dealkylation sites (tertiary alicyclic amines) is 1. The van der Waals surface area contributed by atoms with Crippen LogP contribution in [0, 0.1) is 17.8 Å². The number of hydrogen-bond acceptors (Lipinski definition) is 3. The highest BCUT2D eigenvalue weighted by molar-refractivity contribution is 5.98. The molecule has 0 bridgehead atoms. The number of carbonyl (C=O) groups is 3. The van der Waals surface area contributed by atoms with Crippen molar-refractivity contribution in [3.63, 3.8) is 0 Å². The quantitative estimate of drug-likeness (QED) is 0.818. The predicted octanol–water partition coefficient (Wildman–Crippen LogP) is 3.22. The molecule has 29 heavy (non-hydrogen) atoms. The molecule has 6 nitrogen and oxygen atoms in total. The molecule has 6 heteroatoms. The lowest BCUT2D eigenvalue weighted by atomic mass is 9.89. The summed E-state index contributed by atoms with van der Waals surface area (Å²) in [7, 11) is 0. The maximum absolute atomic E-state index is 13.0. The van der Waals surface area contributed by atoms with Gasteiger partial charge in [0.1, 0.15) is 0 Å². The van der Waals surface area contributed by atoms with E-state index in [1.54, 1.807) is 29.2 Å². The molecule has 4 unspecified atom stereocenters. The van der Waals surface area contributed by atoms with E-state index in [4.69, 9.17) is 0 Å². The molecular weight excluding hydrogens is 368 g/mol. The molecule has 4 atom stereocenters. The van der Waals surface area contributed by atoms with Gasteiger partial charge in [0.2, 0.25) is 5.91 Å². The molecule has 1 saturated carbocycles. The molecule has 2 aromatic rings. The summed E-state index contributed by atoms with van der Waals surface area (Å²) < 4.78 is 0. The van der Waals surface area contributed by atoms with E-state index < -0.39 is 11.9 Å². The molecule has 150 valence electrons. The monoisotopic (exact) mass is 392 g/mol. The van der Waals surface area contributed by atoms with E-state index in [0.29, 0.717) is 23.7 Å². The first kappa shape index (κ1) is 19.2. The van der Waals surface area contributed by atoms with Crippen LogP contribution in [0.4, 0.5) is 5.69 Å². The fourth-order valence-corrected chi connectivity index (χ4v) is 4.09. The van der Waals surface area contributed by atoms with E-state index in [1.165, 1.54) is 0 Å². The molecule has 1 aliphatic heterocycles. The van der Waals surface area contributed by atoms with Gasteiger partial charge in [-0.25, -0.2) is 0 Å². The summed E-state index contributed by atoms with van der Waals surface area (Å²) in [6.07, 6.45) is 0.898. The van der Waals surface area contributed by atoms with E-state index in [2.05, 4.69) is 5.32 Å². The van der Waals surface area contributed by atoms with Gasteiger partial charge in [0.05, 0.1) is 5.92 Å². The van der Waals surface area contributed by atoms with Crippen LogP contribution in [0.15, 0.2) is 54.6 Å². The number of carboxylic acid groups (broad SMARTS) is 1. The van der Waals surface area contributed by atoms with Crippen molar-refractivity contribution in [3.05, 3.63) is 65.7 Å². The molecule has 0 radical (unpaired) electrons. The van der Waals surface area contributed by atoms with Gasteiger partial charge in [-0.05, 0) is 36.1 Å². The zero-order valence-electron chi connectivity index (χ0n) is 16.2. The van der Waals surface area contributed by atoms with Crippen LogP contribution in [0.5, 0.6) is 0 Å². The summed E-state index contributed by atoms with van der Waals surface area (Å²) in [4.78, 5) is 38.6. The highest BCUT2D eigenvalue weighted by atomic mass is 16.4. The van der Waals surface area contributed by atoms with E-state index in [9.17, 15) is 19.5 Å². The van der Waals surface area contributed by atoms with E-state index in [0.717, 1.165) is 12.0 Å². The SMILES string of the molecule is CC1CC1C(=O)Nc1cccc(C(=O)N2CC(C(=O)O)C(c3ccccc3)C2)c1. The van der Waals surface area contributed by atoms with E-state index in [1.807, 2.05) is 37.3 Å². The third-order valence-corrected chi connectivity index (χ3v) is 5.98. The minimum absolute atomic E-state index is 0.0154. The number of nitrogens with zero attached hydrogens (tertiary/aromatic N) is 1. The van der Waals surface area contributed by atoms with Crippen LogP contribution in [0.2, 0.25) is 0 Å². The summed E-state index contributed by atoms with van der Waals surface area (Å²) in [5, 5.41) is 12.5. The third kappa shape index (κ3) is 4.01. The molecule has 0 spiro atoms. The van der Waals surface area contributed by atoms with Crippen molar-refractivity contribution >= 4 is 23.5 Å². The first-order valence-electron chi connectivity index (χ1n) is 9.92. The number of anilines is 1. The maximum atomic E-state index is 13.0. The van der Waals surface area contributed by atoms with Gasteiger partial charge in [0.25, 0.3) is 5.91 Å². The van der Waals surface area contributed by atoms with Gasteiger partial charge >= 0.3 is 5.97 Å². The second-order valence-electron chi connectivity index (χ2n) is 8.06. The molecule has 2 fully saturated rings. The fourth-order valence-electron chi connectivity index (χ4n) is 4.09. The molecule has 1 aliphatic carbocycles. The summed E-state index contributed by atoms with van der Waals surface area (Å²) >= 11 is 0. The molecule has 2 aliphatic rings. The second kappa shape index (κ2) is 7.70. The second-order valence-corrected chi connectivity index (χ2v) is 8.06. The highest BCUT2D eigenvalue weighted by Gasteiger charge is 2.41. The Morgan fingerprint density at radius 2 is 1.72 bits per heavy atom. The number of rotatable bonds is 5.